The molecule has 2 aromatic carbocycles. The fourth-order valence-electron chi connectivity index (χ4n) is 1.92. The van der Waals surface area contributed by atoms with Crippen molar-refractivity contribution in [2.75, 3.05) is 18.1 Å². The zero-order chi connectivity index (χ0) is 15.3. The summed E-state index contributed by atoms with van der Waals surface area (Å²) in [6, 6.07) is 13.9. The van der Waals surface area contributed by atoms with Crippen LogP contribution in [0.25, 0.3) is 0 Å². The van der Waals surface area contributed by atoms with Crippen molar-refractivity contribution in [3.05, 3.63) is 54.1 Å². The topological polar surface area (TPSA) is 69.4 Å². The van der Waals surface area contributed by atoms with Crippen LogP contribution >= 0.6 is 0 Å². The minimum Gasteiger partial charge on any atom is -0.493 e. The molecular weight excluding hydrogens is 286 g/mol. The fourth-order valence-corrected chi connectivity index (χ4v) is 3.01. The maximum Gasteiger partial charge on any atom is 0.181 e. The summed E-state index contributed by atoms with van der Waals surface area (Å²) in [6.07, 6.45) is 0.918. The lowest BCUT2D eigenvalue weighted by Crippen LogP contribution is -2.14. The minimum atomic E-state index is -3.34. The summed E-state index contributed by atoms with van der Waals surface area (Å²) < 4.78 is 29.8. The number of aryl methyl sites for hydroxylation is 1. The molecule has 0 bridgehead atoms. The van der Waals surface area contributed by atoms with Gasteiger partial charge in [-0.3, -0.25) is 0 Å². The number of sulfone groups is 1. The van der Waals surface area contributed by atoms with Gasteiger partial charge >= 0.3 is 0 Å². The van der Waals surface area contributed by atoms with Crippen molar-refractivity contribution in [3.63, 3.8) is 0 Å². The minimum absolute atomic E-state index is 0.0622. The molecule has 2 aromatic rings. The summed E-state index contributed by atoms with van der Waals surface area (Å²) in [7, 11) is -3.34. The Morgan fingerprint density at radius 2 is 1.81 bits per heavy atom. The monoisotopic (exact) mass is 305 g/mol. The number of ether oxygens (including phenoxy) is 1. The standard InChI is InChI=1S/C16H19NO3S/c1-2-13-4-3-5-15(12-13)20-10-11-21(18,19)16-8-6-14(17)7-9-16/h3-9,12H,2,10-11,17H2,1H3. The van der Waals surface area contributed by atoms with Gasteiger partial charge in [-0.05, 0) is 48.4 Å². The van der Waals surface area contributed by atoms with Crippen LogP contribution in [-0.4, -0.2) is 20.8 Å². The van der Waals surface area contributed by atoms with E-state index < -0.39 is 9.84 Å². The lowest BCUT2D eigenvalue weighted by Gasteiger charge is -2.08. The predicted molar refractivity (Wildman–Crippen MR) is 84.2 cm³/mol. The van der Waals surface area contributed by atoms with Crippen molar-refractivity contribution in [2.45, 2.75) is 18.2 Å². The number of nitrogen functional groups attached to an aromatic ring is 1. The van der Waals surface area contributed by atoms with Gasteiger partial charge in [-0.2, -0.15) is 0 Å². The van der Waals surface area contributed by atoms with Gasteiger partial charge in [-0.1, -0.05) is 19.1 Å². The second kappa shape index (κ2) is 6.63. The van der Waals surface area contributed by atoms with Crippen molar-refractivity contribution in [1.29, 1.82) is 0 Å². The molecule has 0 radical (unpaired) electrons. The van der Waals surface area contributed by atoms with E-state index in [0.29, 0.717) is 11.4 Å². The molecule has 112 valence electrons. The zero-order valence-corrected chi connectivity index (χ0v) is 12.8. The van der Waals surface area contributed by atoms with Crippen LogP contribution in [0.4, 0.5) is 5.69 Å². The fraction of sp³-hybridized carbons (Fsp3) is 0.250. The largest absolute Gasteiger partial charge is 0.493 e. The Kier molecular flexibility index (Phi) is 4.85. The highest BCUT2D eigenvalue weighted by Gasteiger charge is 2.14. The molecule has 0 spiro atoms. The number of nitrogens with two attached hydrogens (primary N) is 1. The van der Waals surface area contributed by atoms with E-state index in [1.54, 1.807) is 12.1 Å². The highest BCUT2D eigenvalue weighted by molar-refractivity contribution is 7.91. The van der Waals surface area contributed by atoms with Crippen molar-refractivity contribution in [3.8, 4) is 5.75 Å². The highest BCUT2D eigenvalue weighted by Crippen LogP contribution is 2.16. The van der Waals surface area contributed by atoms with E-state index in [1.165, 1.54) is 12.1 Å². The third-order valence-corrected chi connectivity index (χ3v) is 4.86. The van der Waals surface area contributed by atoms with E-state index in [0.717, 1.165) is 12.0 Å². The Hall–Kier alpha value is -2.01. The van der Waals surface area contributed by atoms with Gasteiger partial charge in [0.2, 0.25) is 0 Å². The third kappa shape index (κ3) is 4.23. The van der Waals surface area contributed by atoms with Gasteiger partial charge in [0.25, 0.3) is 0 Å². The van der Waals surface area contributed by atoms with E-state index in [2.05, 4.69) is 6.92 Å². The molecule has 0 atom stereocenters. The lowest BCUT2D eigenvalue weighted by atomic mass is 10.2. The van der Waals surface area contributed by atoms with Crippen LogP contribution in [0, 0.1) is 0 Å². The van der Waals surface area contributed by atoms with Gasteiger partial charge in [0, 0.05) is 5.69 Å². The second-order valence-electron chi connectivity index (χ2n) is 4.74. The summed E-state index contributed by atoms with van der Waals surface area (Å²) in [5, 5.41) is 0. The first kappa shape index (κ1) is 15.4. The Morgan fingerprint density at radius 1 is 1.10 bits per heavy atom. The molecule has 21 heavy (non-hydrogen) atoms. The maximum atomic E-state index is 12.1. The van der Waals surface area contributed by atoms with Crippen LogP contribution in [0.15, 0.2) is 53.4 Å². The molecule has 0 aliphatic carbocycles. The van der Waals surface area contributed by atoms with Crippen molar-refractivity contribution in [2.24, 2.45) is 0 Å². The first-order valence-electron chi connectivity index (χ1n) is 6.81. The molecule has 5 heteroatoms. The van der Waals surface area contributed by atoms with Crippen LogP contribution in [0.5, 0.6) is 5.75 Å². The van der Waals surface area contributed by atoms with Gasteiger partial charge in [0.05, 0.1) is 10.6 Å². The molecule has 0 aliphatic heterocycles. The molecule has 2 rings (SSSR count). The Bertz CT molecular complexity index is 694. The summed E-state index contributed by atoms with van der Waals surface area (Å²) in [5.41, 5.74) is 7.26. The van der Waals surface area contributed by atoms with E-state index >= 15 is 0 Å². The lowest BCUT2D eigenvalue weighted by molar-refractivity contribution is 0.340. The van der Waals surface area contributed by atoms with Crippen molar-refractivity contribution >= 4 is 15.5 Å². The molecule has 0 aliphatic rings. The van der Waals surface area contributed by atoms with Crippen molar-refractivity contribution in [1.82, 2.24) is 0 Å². The van der Waals surface area contributed by atoms with Crippen LogP contribution in [0.1, 0.15) is 12.5 Å². The molecule has 0 amide bonds. The number of rotatable bonds is 6. The van der Waals surface area contributed by atoms with Gasteiger partial charge in [-0.25, -0.2) is 8.42 Å². The SMILES string of the molecule is CCc1cccc(OCCS(=O)(=O)c2ccc(N)cc2)c1. The zero-order valence-electron chi connectivity index (χ0n) is 12.0. The second-order valence-corrected chi connectivity index (χ2v) is 6.85. The molecule has 0 fully saturated rings. The number of hydrogen-bond donors (Lipinski definition) is 1. The van der Waals surface area contributed by atoms with E-state index in [9.17, 15) is 8.42 Å². The van der Waals surface area contributed by atoms with E-state index in [1.807, 2.05) is 24.3 Å². The van der Waals surface area contributed by atoms with Crippen LogP contribution in [0.3, 0.4) is 0 Å². The first-order chi connectivity index (χ1) is 10.0. The van der Waals surface area contributed by atoms with Gasteiger partial charge < -0.3 is 10.5 Å². The molecule has 0 heterocycles. The summed E-state index contributed by atoms with van der Waals surface area (Å²) in [4.78, 5) is 0.266. The normalized spacial score (nSPS) is 11.3. The van der Waals surface area contributed by atoms with Gasteiger partial charge in [0.1, 0.15) is 12.4 Å². The maximum absolute atomic E-state index is 12.1. The molecular formula is C16H19NO3S. The van der Waals surface area contributed by atoms with Gasteiger partial charge in [0.15, 0.2) is 9.84 Å². The van der Waals surface area contributed by atoms with E-state index in [-0.39, 0.29) is 17.3 Å². The number of hydrogen-bond acceptors (Lipinski definition) is 4. The average Bonchev–Trinajstić information content (AvgIpc) is 2.48. The van der Waals surface area contributed by atoms with E-state index in [4.69, 9.17) is 10.5 Å². The Morgan fingerprint density at radius 3 is 2.48 bits per heavy atom. The Balaban J connectivity index is 1.97. The molecule has 0 aromatic heterocycles. The van der Waals surface area contributed by atoms with Crippen LogP contribution in [0.2, 0.25) is 0 Å². The van der Waals surface area contributed by atoms with Crippen LogP contribution < -0.4 is 10.5 Å². The van der Waals surface area contributed by atoms with Crippen LogP contribution in [-0.2, 0) is 16.3 Å². The predicted octanol–water partition coefficient (Wildman–Crippen LogP) is 2.68. The number of anilines is 1. The first-order valence-corrected chi connectivity index (χ1v) is 8.46. The number of benzene rings is 2. The van der Waals surface area contributed by atoms with Crippen molar-refractivity contribution < 1.29 is 13.2 Å². The quantitative estimate of drug-likeness (QED) is 0.833. The average molecular weight is 305 g/mol. The molecule has 0 saturated carbocycles. The van der Waals surface area contributed by atoms with Gasteiger partial charge in [-0.15, -0.1) is 0 Å². The molecule has 0 unspecified atom stereocenters. The Labute approximate surface area is 125 Å². The highest BCUT2D eigenvalue weighted by atomic mass is 32.2. The molecule has 2 N–H and O–H groups in total. The summed E-state index contributed by atoms with van der Waals surface area (Å²) in [5.74, 6) is 0.634. The molecule has 0 saturated heterocycles. The smallest absolute Gasteiger partial charge is 0.181 e. The summed E-state index contributed by atoms with van der Waals surface area (Å²) in [6.45, 7) is 2.19. The third-order valence-electron chi connectivity index (χ3n) is 3.17. The summed E-state index contributed by atoms with van der Waals surface area (Å²) >= 11 is 0. The molecule has 4 nitrogen and oxygen atoms in total.